The molecule has 6 nitrogen and oxygen atoms in total. The molecule has 0 radical (unpaired) electrons. The molecule has 2 aromatic rings. The summed E-state index contributed by atoms with van der Waals surface area (Å²) in [4.78, 5) is 17.3. The molecule has 2 heterocycles. The fourth-order valence-electron chi connectivity index (χ4n) is 4.73. The second kappa shape index (κ2) is 8.66. The lowest BCUT2D eigenvalue weighted by molar-refractivity contribution is 0.0107. The highest BCUT2D eigenvalue weighted by atomic mass is 16.5. The molecule has 4 rings (SSSR count). The molecule has 0 aliphatic carbocycles. The van der Waals surface area contributed by atoms with Gasteiger partial charge in [0.15, 0.2) is 0 Å². The monoisotopic (exact) mass is 410 g/mol. The van der Waals surface area contributed by atoms with E-state index in [1.807, 2.05) is 23.1 Å². The number of rotatable bonds is 7. The van der Waals surface area contributed by atoms with Crippen molar-refractivity contribution < 1.29 is 19.0 Å². The van der Waals surface area contributed by atoms with Crippen LogP contribution >= 0.6 is 0 Å². The highest BCUT2D eigenvalue weighted by Gasteiger charge is 2.52. The Hall–Kier alpha value is -2.57. The number of carbonyl (C=O) groups is 1. The third-order valence-electron chi connectivity index (χ3n) is 6.28. The third kappa shape index (κ3) is 4.16. The minimum Gasteiger partial charge on any atom is -0.497 e. The Morgan fingerprint density at radius 3 is 2.53 bits per heavy atom. The van der Waals surface area contributed by atoms with Gasteiger partial charge in [0.2, 0.25) is 0 Å². The van der Waals surface area contributed by atoms with Gasteiger partial charge in [-0.1, -0.05) is 30.3 Å². The Labute approximate surface area is 178 Å². The Kier molecular flexibility index (Phi) is 5.97. The lowest BCUT2D eigenvalue weighted by Gasteiger charge is -2.48. The molecule has 0 aromatic heterocycles. The molecule has 1 spiro atoms. The molecule has 1 atom stereocenters. The zero-order valence-corrected chi connectivity index (χ0v) is 18.0. The maximum Gasteiger partial charge on any atom is 0.257 e. The predicted octanol–water partition coefficient (Wildman–Crippen LogP) is 3.07. The van der Waals surface area contributed by atoms with E-state index in [4.69, 9.17) is 14.2 Å². The van der Waals surface area contributed by atoms with Crippen LogP contribution in [0.25, 0.3) is 0 Å². The normalized spacial score (nSPS) is 20.2. The Bertz CT molecular complexity index is 880. The van der Waals surface area contributed by atoms with Crippen LogP contribution in [0, 0.1) is 5.41 Å². The van der Waals surface area contributed by atoms with Gasteiger partial charge in [0.05, 0.1) is 33.0 Å². The first-order valence-corrected chi connectivity index (χ1v) is 10.4. The van der Waals surface area contributed by atoms with E-state index in [0.717, 1.165) is 26.1 Å². The molecule has 0 saturated carbocycles. The lowest BCUT2D eigenvalue weighted by Crippen LogP contribution is -2.59. The molecule has 2 aliphatic rings. The number of methoxy groups -OCH3 is 2. The van der Waals surface area contributed by atoms with Crippen LogP contribution in [-0.4, -0.2) is 69.3 Å². The number of nitrogens with zero attached hydrogens (tertiary/aromatic N) is 2. The standard InChI is InChI=1S/C24H30N2O4/c1-25-15-24(12-19(25)14-30-13-18-7-5-4-6-8-18)16-26(17-24)23(27)21-10-9-20(28-2)11-22(21)29-3/h4-11,19H,12-17H2,1-3H3. The lowest BCUT2D eigenvalue weighted by atomic mass is 9.77. The van der Waals surface area contributed by atoms with Crippen molar-refractivity contribution in [2.24, 2.45) is 5.41 Å². The Morgan fingerprint density at radius 1 is 1.07 bits per heavy atom. The molecule has 2 aromatic carbocycles. The van der Waals surface area contributed by atoms with Gasteiger partial charge in [-0.25, -0.2) is 0 Å². The molecular weight excluding hydrogens is 380 g/mol. The number of carbonyl (C=O) groups excluding carboxylic acids is 1. The van der Waals surface area contributed by atoms with E-state index in [0.29, 0.717) is 36.3 Å². The molecular formula is C24H30N2O4. The fourth-order valence-corrected chi connectivity index (χ4v) is 4.73. The molecule has 0 N–H and O–H groups in total. The van der Waals surface area contributed by atoms with Gasteiger partial charge < -0.3 is 24.0 Å². The molecule has 6 heteroatoms. The van der Waals surface area contributed by atoms with Gasteiger partial charge in [-0.2, -0.15) is 0 Å². The number of amides is 1. The second-order valence-corrected chi connectivity index (χ2v) is 8.50. The van der Waals surface area contributed by atoms with Crippen LogP contribution < -0.4 is 9.47 Å². The first-order valence-electron chi connectivity index (χ1n) is 10.4. The van der Waals surface area contributed by atoms with Gasteiger partial charge in [-0.15, -0.1) is 0 Å². The first kappa shape index (κ1) is 20.7. The predicted molar refractivity (Wildman–Crippen MR) is 115 cm³/mol. The third-order valence-corrected chi connectivity index (χ3v) is 6.28. The second-order valence-electron chi connectivity index (χ2n) is 8.50. The highest BCUT2D eigenvalue weighted by molar-refractivity contribution is 5.97. The zero-order valence-electron chi connectivity index (χ0n) is 18.0. The summed E-state index contributed by atoms with van der Waals surface area (Å²) in [6.07, 6.45) is 1.06. The summed E-state index contributed by atoms with van der Waals surface area (Å²) in [7, 11) is 5.34. The van der Waals surface area contributed by atoms with Crippen LogP contribution in [0.4, 0.5) is 0 Å². The molecule has 1 amide bonds. The molecule has 2 fully saturated rings. The van der Waals surface area contributed by atoms with E-state index in [2.05, 4.69) is 24.1 Å². The van der Waals surface area contributed by atoms with Crippen LogP contribution in [0.1, 0.15) is 22.3 Å². The highest BCUT2D eigenvalue weighted by Crippen LogP contribution is 2.43. The van der Waals surface area contributed by atoms with Crippen molar-refractivity contribution in [3.05, 3.63) is 59.7 Å². The number of hydrogen-bond donors (Lipinski definition) is 0. The molecule has 2 aliphatic heterocycles. The molecule has 160 valence electrons. The van der Waals surface area contributed by atoms with Crippen molar-refractivity contribution in [3.8, 4) is 11.5 Å². The van der Waals surface area contributed by atoms with Crippen molar-refractivity contribution >= 4 is 5.91 Å². The van der Waals surface area contributed by atoms with Gasteiger partial charge in [-0.3, -0.25) is 4.79 Å². The quantitative estimate of drug-likeness (QED) is 0.702. The number of likely N-dealkylation sites (N-methyl/N-ethyl adjacent to an activating group) is 1. The number of hydrogen-bond acceptors (Lipinski definition) is 5. The van der Waals surface area contributed by atoms with E-state index in [9.17, 15) is 4.79 Å². The van der Waals surface area contributed by atoms with Crippen molar-refractivity contribution in [1.82, 2.24) is 9.80 Å². The molecule has 1 unspecified atom stereocenters. The van der Waals surface area contributed by atoms with Gasteiger partial charge in [0.25, 0.3) is 5.91 Å². The first-order chi connectivity index (χ1) is 14.5. The summed E-state index contributed by atoms with van der Waals surface area (Å²) in [5, 5.41) is 0. The van der Waals surface area contributed by atoms with E-state index in [1.165, 1.54) is 5.56 Å². The molecule has 0 bridgehead atoms. The van der Waals surface area contributed by atoms with Gasteiger partial charge in [-0.05, 0) is 31.2 Å². The largest absolute Gasteiger partial charge is 0.497 e. The summed E-state index contributed by atoms with van der Waals surface area (Å²) in [6.45, 7) is 3.91. The van der Waals surface area contributed by atoms with Gasteiger partial charge in [0.1, 0.15) is 11.5 Å². The Morgan fingerprint density at radius 2 is 1.83 bits per heavy atom. The summed E-state index contributed by atoms with van der Waals surface area (Å²) >= 11 is 0. The molecule has 2 saturated heterocycles. The summed E-state index contributed by atoms with van der Waals surface area (Å²) < 4.78 is 16.6. The van der Waals surface area contributed by atoms with Crippen LogP contribution in [0.5, 0.6) is 11.5 Å². The van der Waals surface area contributed by atoms with E-state index < -0.39 is 0 Å². The SMILES string of the molecule is COc1ccc(C(=O)N2CC3(CC(COCc4ccccc4)N(C)C3)C2)c(OC)c1. The van der Waals surface area contributed by atoms with Crippen molar-refractivity contribution in [2.45, 2.75) is 19.1 Å². The number of likely N-dealkylation sites (tertiary alicyclic amines) is 2. The van der Waals surface area contributed by atoms with E-state index in [1.54, 1.807) is 32.4 Å². The Balaban J connectivity index is 1.31. The topological polar surface area (TPSA) is 51.2 Å². The van der Waals surface area contributed by atoms with Crippen molar-refractivity contribution in [3.63, 3.8) is 0 Å². The summed E-state index contributed by atoms with van der Waals surface area (Å²) in [6, 6.07) is 16.0. The maximum atomic E-state index is 13.0. The average Bonchev–Trinajstić information content (AvgIpc) is 3.09. The van der Waals surface area contributed by atoms with Crippen molar-refractivity contribution in [1.29, 1.82) is 0 Å². The van der Waals surface area contributed by atoms with Crippen LogP contribution in [0.2, 0.25) is 0 Å². The van der Waals surface area contributed by atoms with Gasteiger partial charge >= 0.3 is 0 Å². The van der Waals surface area contributed by atoms with Crippen molar-refractivity contribution in [2.75, 3.05) is 47.5 Å². The van der Waals surface area contributed by atoms with Crippen LogP contribution in [-0.2, 0) is 11.3 Å². The smallest absolute Gasteiger partial charge is 0.257 e. The fraction of sp³-hybridized carbons (Fsp3) is 0.458. The number of benzene rings is 2. The summed E-state index contributed by atoms with van der Waals surface area (Å²) in [5.41, 5.74) is 1.95. The summed E-state index contributed by atoms with van der Waals surface area (Å²) in [5.74, 6) is 1.25. The van der Waals surface area contributed by atoms with Crippen LogP contribution in [0.15, 0.2) is 48.5 Å². The van der Waals surface area contributed by atoms with E-state index in [-0.39, 0.29) is 11.3 Å². The molecule has 30 heavy (non-hydrogen) atoms. The van der Waals surface area contributed by atoms with E-state index >= 15 is 0 Å². The minimum absolute atomic E-state index is 0.0200. The number of ether oxygens (including phenoxy) is 3. The minimum atomic E-state index is 0.0200. The van der Waals surface area contributed by atoms with Gasteiger partial charge in [0, 0.05) is 37.2 Å². The maximum absolute atomic E-state index is 13.0. The average molecular weight is 411 g/mol. The zero-order chi connectivity index (χ0) is 21.1. The van der Waals surface area contributed by atoms with Crippen LogP contribution in [0.3, 0.4) is 0 Å².